The standard InChI is InChI=1S/C18H28N4O3/c1-4-25-17(24)18(2,3)22-11-15(10-19-22)21-16(23)9-12-7-13-5-6-14(8-12)20-13/h10-14,20H,4-9H2,1-3H3,(H,21,23). The van der Waals surface area contributed by atoms with Gasteiger partial charge in [-0.15, -0.1) is 0 Å². The minimum Gasteiger partial charge on any atom is -0.464 e. The zero-order valence-corrected chi connectivity index (χ0v) is 15.2. The number of ether oxygens (including phenoxy) is 1. The first-order valence-electron chi connectivity index (χ1n) is 9.16. The number of esters is 1. The molecule has 7 nitrogen and oxygen atoms in total. The highest BCUT2D eigenvalue weighted by Gasteiger charge is 2.35. The highest BCUT2D eigenvalue weighted by atomic mass is 16.5. The van der Waals surface area contributed by atoms with E-state index in [0.717, 1.165) is 12.8 Å². The average Bonchev–Trinajstić information content (AvgIpc) is 3.14. The number of aromatic nitrogens is 2. The van der Waals surface area contributed by atoms with Crippen molar-refractivity contribution < 1.29 is 14.3 Å². The molecule has 0 aromatic carbocycles. The van der Waals surface area contributed by atoms with E-state index in [-0.39, 0.29) is 11.9 Å². The van der Waals surface area contributed by atoms with Gasteiger partial charge in [0.2, 0.25) is 5.91 Å². The third-order valence-corrected chi connectivity index (χ3v) is 5.26. The van der Waals surface area contributed by atoms with Gasteiger partial charge in [-0.3, -0.25) is 9.48 Å². The first kappa shape index (κ1) is 17.9. The molecule has 1 aromatic heterocycles. The molecule has 2 saturated heterocycles. The van der Waals surface area contributed by atoms with Crippen LogP contribution in [0, 0.1) is 5.92 Å². The Morgan fingerprint density at radius 1 is 1.36 bits per heavy atom. The molecule has 2 aliphatic rings. The molecule has 138 valence electrons. The SMILES string of the molecule is CCOC(=O)C(C)(C)n1cc(NC(=O)CC2CC3CCC(C2)N3)cn1. The number of fused-ring (bicyclic) bond motifs is 2. The smallest absolute Gasteiger partial charge is 0.333 e. The van der Waals surface area contributed by atoms with E-state index < -0.39 is 5.54 Å². The van der Waals surface area contributed by atoms with Crippen molar-refractivity contribution in [3.05, 3.63) is 12.4 Å². The van der Waals surface area contributed by atoms with Gasteiger partial charge in [-0.1, -0.05) is 0 Å². The quantitative estimate of drug-likeness (QED) is 0.769. The molecular weight excluding hydrogens is 320 g/mol. The molecule has 0 saturated carbocycles. The van der Waals surface area contributed by atoms with Crippen molar-refractivity contribution in [2.24, 2.45) is 5.92 Å². The monoisotopic (exact) mass is 348 g/mol. The van der Waals surface area contributed by atoms with Gasteiger partial charge in [-0.25, -0.2) is 4.79 Å². The van der Waals surface area contributed by atoms with Crippen LogP contribution in [-0.2, 0) is 19.9 Å². The third-order valence-electron chi connectivity index (χ3n) is 5.26. The largest absolute Gasteiger partial charge is 0.464 e. The van der Waals surface area contributed by atoms with E-state index in [1.807, 2.05) is 0 Å². The number of nitrogens with one attached hydrogen (secondary N) is 2. The molecule has 1 amide bonds. The molecule has 1 aromatic rings. The van der Waals surface area contributed by atoms with Crippen molar-refractivity contribution in [3.63, 3.8) is 0 Å². The van der Waals surface area contributed by atoms with Crippen molar-refractivity contribution in [2.45, 2.75) is 70.5 Å². The summed E-state index contributed by atoms with van der Waals surface area (Å²) in [6.45, 7) is 5.59. The zero-order chi connectivity index (χ0) is 18.0. The van der Waals surface area contributed by atoms with E-state index in [9.17, 15) is 9.59 Å². The molecule has 0 radical (unpaired) electrons. The molecule has 2 bridgehead atoms. The average molecular weight is 348 g/mol. The molecule has 0 spiro atoms. The van der Waals surface area contributed by atoms with Crippen molar-refractivity contribution >= 4 is 17.6 Å². The number of hydrogen-bond acceptors (Lipinski definition) is 5. The molecule has 2 N–H and O–H groups in total. The van der Waals surface area contributed by atoms with Crippen LogP contribution in [0.15, 0.2) is 12.4 Å². The van der Waals surface area contributed by atoms with E-state index in [2.05, 4.69) is 15.7 Å². The number of carbonyl (C=O) groups excluding carboxylic acids is 2. The van der Waals surface area contributed by atoms with E-state index in [1.165, 1.54) is 17.5 Å². The second-order valence-electron chi connectivity index (χ2n) is 7.68. The summed E-state index contributed by atoms with van der Waals surface area (Å²) in [6, 6.07) is 1.18. The Kier molecular flexibility index (Phi) is 5.13. The summed E-state index contributed by atoms with van der Waals surface area (Å²) in [5, 5.41) is 10.7. The molecule has 25 heavy (non-hydrogen) atoms. The zero-order valence-electron chi connectivity index (χ0n) is 15.2. The highest BCUT2D eigenvalue weighted by molar-refractivity contribution is 5.90. The molecular formula is C18H28N4O3. The fraction of sp³-hybridized carbons (Fsp3) is 0.722. The topological polar surface area (TPSA) is 85.2 Å². The Balaban J connectivity index is 1.55. The lowest BCUT2D eigenvalue weighted by Gasteiger charge is -2.28. The number of nitrogens with zero attached hydrogens (tertiary/aromatic N) is 2. The van der Waals surface area contributed by atoms with Gasteiger partial charge < -0.3 is 15.4 Å². The minimum atomic E-state index is -0.910. The number of anilines is 1. The van der Waals surface area contributed by atoms with Gasteiger partial charge in [0.1, 0.15) is 0 Å². The summed E-state index contributed by atoms with van der Waals surface area (Å²) in [5.41, 5.74) is -0.299. The predicted octanol–water partition coefficient (Wildman–Crippen LogP) is 2.04. The number of rotatable bonds is 6. The number of carbonyl (C=O) groups is 2. The van der Waals surface area contributed by atoms with Gasteiger partial charge in [0.25, 0.3) is 0 Å². The second kappa shape index (κ2) is 7.15. The maximum absolute atomic E-state index is 12.3. The lowest BCUT2D eigenvalue weighted by Crippen LogP contribution is -2.39. The maximum Gasteiger partial charge on any atom is 0.333 e. The number of hydrogen-bond donors (Lipinski definition) is 2. The van der Waals surface area contributed by atoms with Crippen LogP contribution in [0.5, 0.6) is 0 Å². The van der Waals surface area contributed by atoms with Crippen LogP contribution in [0.3, 0.4) is 0 Å². The highest BCUT2D eigenvalue weighted by Crippen LogP contribution is 2.32. The van der Waals surface area contributed by atoms with Crippen LogP contribution in [0.1, 0.15) is 52.9 Å². The summed E-state index contributed by atoms with van der Waals surface area (Å²) in [7, 11) is 0. The fourth-order valence-corrected chi connectivity index (χ4v) is 3.91. The van der Waals surface area contributed by atoms with Gasteiger partial charge in [0, 0.05) is 24.7 Å². The summed E-state index contributed by atoms with van der Waals surface area (Å²) in [6.07, 6.45) is 8.43. The molecule has 2 fully saturated rings. The fourth-order valence-electron chi connectivity index (χ4n) is 3.91. The van der Waals surface area contributed by atoms with E-state index in [0.29, 0.717) is 36.7 Å². The van der Waals surface area contributed by atoms with Gasteiger partial charge >= 0.3 is 5.97 Å². The van der Waals surface area contributed by atoms with Gasteiger partial charge in [0.05, 0.1) is 18.5 Å². The maximum atomic E-state index is 12.3. The second-order valence-corrected chi connectivity index (χ2v) is 7.68. The summed E-state index contributed by atoms with van der Waals surface area (Å²) in [4.78, 5) is 24.4. The molecule has 0 aliphatic carbocycles. The molecule has 2 atom stereocenters. The Bertz CT molecular complexity index is 628. The van der Waals surface area contributed by atoms with Crippen molar-refractivity contribution in [2.75, 3.05) is 11.9 Å². The minimum absolute atomic E-state index is 0.0137. The predicted molar refractivity (Wildman–Crippen MR) is 94.1 cm³/mol. The van der Waals surface area contributed by atoms with E-state index in [4.69, 9.17) is 4.74 Å². The van der Waals surface area contributed by atoms with Crippen LogP contribution in [0.25, 0.3) is 0 Å². The van der Waals surface area contributed by atoms with Crippen LogP contribution >= 0.6 is 0 Å². The first-order chi connectivity index (χ1) is 11.9. The molecule has 3 heterocycles. The van der Waals surface area contributed by atoms with Crippen molar-refractivity contribution in [1.29, 1.82) is 0 Å². The van der Waals surface area contributed by atoms with Gasteiger partial charge in [-0.05, 0) is 52.4 Å². The van der Waals surface area contributed by atoms with Crippen molar-refractivity contribution in [1.82, 2.24) is 15.1 Å². The molecule has 7 heteroatoms. The number of amides is 1. The third kappa shape index (κ3) is 4.03. The normalized spacial score (nSPS) is 25.6. The molecule has 2 aliphatic heterocycles. The van der Waals surface area contributed by atoms with Crippen LogP contribution in [-0.4, -0.2) is 40.3 Å². The molecule has 3 rings (SSSR count). The lowest BCUT2D eigenvalue weighted by atomic mass is 9.89. The Hall–Kier alpha value is -1.89. The summed E-state index contributed by atoms with van der Waals surface area (Å²) in [5.74, 6) is 0.116. The summed E-state index contributed by atoms with van der Waals surface area (Å²) < 4.78 is 6.62. The lowest BCUT2D eigenvalue weighted by molar-refractivity contribution is -0.152. The van der Waals surface area contributed by atoms with Crippen LogP contribution in [0.4, 0.5) is 5.69 Å². The molecule has 2 unspecified atom stereocenters. The van der Waals surface area contributed by atoms with Gasteiger partial charge in [0.15, 0.2) is 5.54 Å². The van der Waals surface area contributed by atoms with Gasteiger partial charge in [-0.2, -0.15) is 5.10 Å². The Morgan fingerprint density at radius 2 is 2.04 bits per heavy atom. The Morgan fingerprint density at radius 3 is 2.68 bits per heavy atom. The van der Waals surface area contributed by atoms with E-state index in [1.54, 1.807) is 33.2 Å². The first-order valence-corrected chi connectivity index (χ1v) is 9.16. The Labute approximate surface area is 148 Å². The van der Waals surface area contributed by atoms with Crippen LogP contribution in [0.2, 0.25) is 0 Å². The van der Waals surface area contributed by atoms with Crippen LogP contribution < -0.4 is 10.6 Å². The summed E-state index contributed by atoms with van der Waals surface area (Å²) >= 11 is 0. The number of piperidine rings is 1. The van der Waals surface area contributed by atoms with Crippen molar-refractivity contribution in [3.8, 4) is 0 Å². The van der Waals surface area contributed by atoms with E-state index >= 15 is 0 Å².